The third-order valence-electron chi connectivity index (χ3n) is 6.09. The van der Waals surface area contributed by atoms with Crippen molar-refractivity contribution in [3.63, 3.8) is 0 Å². The molecule has 3 heteroatoms. The molecular weight excluding hydrogens is 324 g/mol. The van der Waals surface area contributed by atoms with Crippen molar-refractivity contribution < 1.29 is 0 Å². The van der Waals surface area contributed by atoms with Crippen LogP contribution in [0.25, 0.3) is 0 Å². The van der Waals surface area contributed by atoms with Crippen LogP contribution < -0.4 is 0 Å². The lowest BCUT2D eigenvalue weighted by atomic mass is 9.88. The topological polar surface area (TPSA) is 6.48 Å². The molecule has 1 fully saturated rings. The Morgan fingerprint density at radius 3 is 2.88 bits per heavy atom. The van der Waals surface area contributed by atoms with Gasteiger partial charge in [-0.1, -0.05) is 42.1 Å². The Morgan fingerprint density at radius 2 is 2.00 bits per heavy atom. The molecule has 0 N–H and O–H groups in total. The first kappa shape index (κ1) is 15.9. The quantitative estimate of drug-likeness (QED) is 0.691. The van der Waals surface area contributed by atoms with E-state index in [9.17, 15) is 0 Å². The summed E-state index contributed by atoms with van der Waals surface area (Å²) in [4.78, 5) is 8.23. The minimum Gasteiger partial charge on any atom is -0.304 e. The smallest absolute Gasteiger partial charge is 0.0515 e. The standard InChI is InChI=1S/C22H26N2S/c1-23-9-11-24(12-10-23)20-14-18-5-2-3-8-21(18)25-22-15-17-7-4-6-16(17)13-19(20)22/h4,6-8,14-15,20H,2-3,5,9-13H2,1H3. The van der Waals surface area contributed by atoms with Gasteiger partial charge in [-0.05, 0) is 61.1 Å². The second-order valence-corrected chi connectivity index (χ2v) is 8.84. The van der Waals surface area contributed by atoms with Crippen LogP contribution in [0.1, 0.15) is 25.7 Å². The predicted molar refractivity (Wildman–Crippen MR) is 107 cm³/mol. The Labute approximate surface area is 155 Å². The zero-order valence-corrected chi connectivity index (χ0v) is 15.8. The van der Waals surface area contributed by atoms with Crippen LogP contribution in [0.3, 0.4) is 0 Å². The Kier molecular flexibility index (Phi) is 4.11. The summed E-state index contributed by atoms with van der Waals surface area (Å²) in [6.45, 7) is 4.73. The first-order valence-corrected chi connectivity index (χ1v) is 10.4. The largest absolute Gasteiger partial charge is 0.304 e. The molecule has 1 unspecified atom stereocenters. The second kappa shape index (κ2) is 6.46. The van der Waals surface area contributed by atoms with Crippen molar-refractivity contribution in [2.75, 3.05) is 33.2 Å². The van der Waals surface area contributed by atoms with Gasteiger partial charge >= 0.3 is 0 Å². The van der Waals surface area contributed by atoms with E-state index in [1.54, 1.807) is 11.1 Å². The predicted octanol–water partition coefficient (Wildman–Crippen LogP) is 4.42. The first-order valence-electron chi connectivity index (χ1n) is 9.62. The van der Waals surface area contributed by atoms with E-state index in [0.29, 0.717) is 6.04 Å². The van der Waals surface area contributed by atoms with Crippen molar-refractivity contribution in [1.82, 2.24) is 9.80 Å². The number of likely N-dealkylation sites (N-methyl/N-ethyl adjacent to an activating group) is 1. The number of allylic oxidation sites excluding steroid dienone is 8. The summed E-state index contributed by atoms with van der Waals surface area (Å²) >= 11 is 2.04. The molecule has 0 amide bonds. The van der Waals surface area contributed by atoms with Gasteiger partial charge in [0.15, 0.2) is 0 Å². The molecule has 0 bridgehead atoms. The molecule has 1 saturated heterocycles. The normalized spacial score (nSPS) is 29.9. The van der Waals surface area contributed by atoms with E-state index >= 15 is 0 Å². The van der Waals surface area contributed by atoms with Crippen molar-refractivity contribution in [3.05, 3.63) is 68.6 Å². The molecule has 0 spiro atoms. The van der Waals surface area contributed by atoms with Gasteiger partial charge in [0, 0.05) is 36.0 Å². The van der Waals surface area contributed by atoms with Crippen LogP contribution in [0.2, 0.25) is 0 Å². The molecule has 5 aliphatic rings. The number of rotatable bonds is 1. The third-order valence-corrected chi connectivity index (χ3v) is 7.34. The SMILES string of the molecule is CN1CCN(C2C=C3CCCC=C3SC3=C2CC2=CC=CC2=C3)CC1. The maximum absolute atomic E-state index is 2.72. The van der Waals surface area contributed by atoms with Crippen LogP contribution in [-0.2, 0) is 0 Å². The number of thioether (sulfide) groups is 1. The molecule has 2 nitrogen and oxygen atoms in total. The summed E-state index contributed by atoms with van der Waals surface area (Å²) in [6.07, 6.45) is 19.3. The van der Waals surface area contributed by atoms with Gasteiger partial charge in [0.2, 0.25) is 0 Å². The molecule has 2 aliphatic heterocycles. The molecule has 0 aromatic carbocycles. The minimum atomic E-state index is 0.481. The minimum absolute atomic E-state index is 0.481. The second-order valence-electron chi connectivity index (χ2n) is 7.76. The summed E-state index contributed by atoms with van der Waals surface area (Å²) in [6, 6.07) is 0.481. The van der Waals surface area contributed by atoms with E-state index in [2.05, 4.69) is 53.3 Å². The summed E-state index contributed by atoms with van der Waals surface area (Å²) in [5, 5.41) is 0. The molecule has 2 heterocycles. The van der Waals surface area contributed by atoms with E-state index in [4.69, 9.17) is 0 Å². The Bertz CT molecular complexity index is 770. The molecule has 0 aromatic rings. The van der Waals surface area contributed by atoms with Crippen LogP contribution in [-0.4, -0.2) is 49.1 Å². The monoisotopic (exact) mass is 350 g/mol. The lowest BCUT2D eigenvalue weighted by molar-refractivity contribution is 0.140. The van der Waals surface area contributed by atoms with Gasteiger partial charge in [-0.15, -0.1) is 0 Å². The van der Waals surface area contributed by atoms with E-state index in [0.717, 1.165) is 6.42 Å². The average molecular weight is 351 g/mol. The molecule has 0 radical (unpaired) electrons. The van der Waals surface area contributed by atoms with Crippen LogP contribution >= 0.6 is 11.8 Å². The third kappa shape index (κ3) is 2.92. The fraction of sp³-hybridized carbons (Fsp3) is 0.455. The highest BCUT2D eigenvalue weighted by molar-refractivity contribution is 8.07. The fourth-order valence-corrected chi connectivity index (χ4v) is 5.78. The van der Waals surface area contributed by atoms with Gasteiger partial charge in [-0.2, -0.15) is 0 Å². The molecule has 1 atom stereocenters. The highest BCUT2D eigenvalue weighted by Gasteiger charge is 2.32. The summed E-state index contributed by atoms with van der Waals surface area (Å²) in [5.74, 6) is 0. The average Bonchev–Trinajstić information content (AvgIpc) is 3.02. The van der Waals surface area contributed by atoms with Crippen LogP contribution in [0.15, 0.2) is 68.6 Å². The van der Waals surface area contributed by atoms with E-state index in [1.165, 1.54) is 66.4 Å². The van der Waals surface area contributed by atoms with Crippen molar-refractivity contribution in [2.24, 2.45) is 0 Å². The highest BCUT2D eigenvalue weighted by Crippen LogP contribution is 2.48. The Hall–Kier alpha value is -1.29. The van der Waals surface area contributed by atoms with E-state index in [-0.39, 0.29) is 0 Å². The van der Waals surface area contributed by atoms with Crippen molar-refractivity contribution in [3.8, 4) is 0 Å². The number of nitrogens with zero attached hydrogens (tertiary/aromatic N) is 2. The zero-order chi connectivity index (χ0) is 16.8. The maximum atomic E-state index is 2.72. The van der Waals surface area contributed by atoms with E-state index in [1.807, 2.05) is 11.8 Å². The number of piperazine rings is 1. The molecule has 0 saturated carbocycles. The Morgan fingerprint density at radius 1 is 1.12 bits per heavy atom. The summed E-state index contributed by atoms with van der Waals surface area (Å²) in [7, 11) is 2.25. The van der Waals surface area contributed by atoms with Gasteiger partial charge in [0.1, 0.15) is 0 Å². The molecule has 25 heavy (non-hydrogen) atoms. The molecule has 130 valence electrons. The lowest BCUT2D eigenvalue weighted by Crippen LogP contribution is -2.49. The van der Waals surface area contributed by atoms with E-state index < -0.39 is 0 Å². The van der Waals surface area contributed by atoms with Crippen molar-refractivity contribution >= 4 is 11.8 Å². The van der Waals surface area contributed by atoms with Gasteiger partial charge in [-0.25, -0.2) is 0 Å². The summed E-state index contributed by atoms with van der Waals surface area (Å²) in [5.41, 5.74) is 6.18. The van der Waals surface area contributed by atoms with Crippen LogP contribution in [0.5, 0.6) is 0 Å². The highest BCUT2D eigenvalue weighted by atomic mass is 32.2. The number of hydrogen-bond donors (Lipinski definition) is 0. The van der Waals surface area contributed by atoms with Crippen molar-refractivity contribution in [1.29, 1.82) is 0 Å². The molecule has 0 aromatic heterocycles. The fourth-order valence-electron chi connectivity index (χ4n) is 4.53. The molecular formula is C22H26N2S. The lowest BCUT2D eigenvalue weighted by Gasteiger charge is -2.39. The van der Waals surface area contributed by atoms with Crippen molar-refractivity contribution in [2.45, 2.75) is 31.7 Å². The van der Waals surface area contributed by atoms with Gasteiger partial charge in [0.05, 0.1) is 6.04 Å². The maximum Gasteiger partial charge on any atom is 0.0515 e. The molecule has 5 rings (SSSR count). The zero-order valence-electron chi connectivity index (χ0n) is 15.0. The van der Waals surface area contributed by atoms with Gasteiger partial charge < -0.3 is 4.90 Å². The van der Waals surface area contributed by atoms with Crippen LogP contribution in [0, 0.1) is 0 Å². The number of fused-ring (bicyclic) bond motifs is 2. The Balaban J connectivity index is 1.56. The molecule has 3 aliphatic carbocycles. The van der Waals surface area contributed by atoms with Crippen LogP contribution in [0.4, 0.5) is 0 Å². The summed E-state index contributed by atoms with van der Waals surface area (Å²) < 4.78 is 0. The first-order chi connectivity index (χ1) is 12.3. The number of hydrogen-bond acceptors (Lipinski definition) is 3. The van der Waals surface area contributed by atoms with Gasteiger partial charge in [0.25, 0.3) is 0 Å². The van der Waals surface area contributed by atoms with Gasteiger partial charge in [-0.3, -0.25) is 4.90 Å².